The summed E-state index contributed by atoms with van der Waals surface area (Å²) in [5, 5.41) is 0.430. The maximum atomic E-state index is 6.23. The monoisotopic (exact) mass is 358 g/mol. The zero-order valence-corrected chi connectivity index (χ0v) is 15.3. The van der Waals surface area contributed by atoms with Crippen LogP contribution >= 0.6 is 11.6 Å². The van der Waals surface area contributed by atoms with Gasteiger partial charge in [-0.15, -0.1) is 0 Å². The Labute approximate surface area is 159 Å². The molecule has 0 saturated carbocycles. The molecule has 3 aromatic rings. The van der Waals surface area contributed by atoms with Crippen molar-refractivity contribution >= 4 is 17.2 Å². The molecule has 3 heteroatoms. The molecule has 0 spiro atoms. The summed E-state index contributed by atoms with van der Waals surface area (Å²) in [5.74, 6) is 0.614. The standard InChI is InChI=1S/C23H19ClN2/c1-3-8-17(9-4-2)18-12-14-20(15-13-18)23-25-21(16-22(24)26-23)19-10-6-5-7-11-19/h3-16H,1H2,2H3/b9-4-,17-8+. The van der Waals surface area contributed by atoms with Crippen molar-refractivity contribution in [1.29, 1.82) is 0 Å². The topological polar surface area (TPSA) is 25.8 Å². The molecule has 0 aliphatic heterocycles. The van der Waals surface area contributed by atoms with Crippen molar-refractivity contribution < 1.29 is 0 Å². The molecule has 2 nitrogen and oxygen atoms in total. The van der Waals surface area contributed by atoms with Crippen molar-refractivity contribution in [3.63, 3.8) is 0 Å². The van der Waals surface area contributed by atoms with E-state index in [4.69, 9.17) is 11.6 Å². The lowest BCUT2D eigenvalue weighted by molar-refractivity contribution is 1.18. The second-order valence-corrected chi connectivity index (χ2v) is 6.09. The van der Waals surface area contributed by atoms with Gasteiger partial charge in [-0.1, -0.05) is 97.1 Å². The van der Waals surface area contributed by atoms with Crippen LogP contribution < -0.4 is 0 Å². The molecular formula is C23H19ClN2. The van der Waals surface area contributed by atoms with E-state index in [2.05, 4.69) is 34.8 Å². The highest BCUT2D eigenvalue weighted by Gasteiger charge is 2.08. The molecule has 128 valence electrons. The van der Waals surface area contributed by atoms with Crippen molar-refractivity contribution in [3.05, 3.63) is 102 Å². The third-order valence-electron chi connectivity index (χ3n) is 3.88. The minimum absolute atomic E-state index is 0.430. The summed E-state index contributed by atoms with van der Waals surface area (Å²) in [7, 11) is 0. The highest BCUT2D eigenvalue weighted by molar-refractivity contribution is 6.29. The molecule has 0 radical (unpaired) electrons. The Kier molecular flexibility index (Phi) is 5.77. The summed E-state index contributed by atoms with van der Waals surface area (Å²) in [6.07, 6.45) is 7.84. The summed E-state index contributed by atoms with van der Waals surface area (Å²) in [6.45, 7) is 5.77. The maximum Gasteiger partial charge on any atom is 0.161 e. The number of aromatic nitrogens is 2. The van der Waals surface area contributed by atoms with Crippen LogP contribution in [0.3, 0.4) is 0 Å². The average Bonchev–Trinajstić information content (AvgIpc) is 2.68. The lowest BCUT2D eigenvalue weighted by Gasteiger charge is -2.07. The van der Waals surface area contributed by atoms with Gasteiger partial charge in [0.15, 0.2) is 5.82 Å². The number of halogens is 1. The summed E-state index contributed by atoms with van der Waals surface area (Å²) < 4.78 is 0. The van der Waals surface area contributed by atoms with E-state index >= 15 is 0 Å². The first-order valence-electron chi connectivity index (χ1n) is 8.37. The van der Waals surface area contributed by atoms with Crippen molar-refractivity contribution in [2.45, 2.75) is 6.92 Å². The van der Waals surface area contributed by atoms with Crippen molar-refractivity contribution in [3.8, 4) is 22.6 Å². The van der Waals surface area contributed by atoms with E-state index in [1.807, 2.05) is 61.5 Å². The highest BCUT2D eigenvalue weighted by Crippen LogP contribution is 2.26. The lowest BCUT2D eigenvalue weighted by Crippen LogP contribution is -1.93. The van der Waals surface area contributed by atoms with Crippen LogP contribution in [0.5, 0.6) is 0 Å². The quantitative estimate of drug-likeness (QED) is 0.379. The number of nitrogens with zero attached hydrogens (tertiary/aromatic N) is 2. The highest BCUT2D eigenvalue weighted by atomic mass is 35.5. The summed E-state index contributed by atoms with van der Waals surface area (Å²) in [4.78, 5) is 9.07. The van der Waals surface area contributed by atoms with Gasteiger partial charge in [0, 0.05) is 17.2 Å². The van der Waals surface area contributed by atoms with Gasteiger partial charge >= 0.3 is 0 Å². The Hall–Kier alpha value is -2.97. The van der Waals surface area contributed by atoms with Crippen molar-refractivity contribution in [2.75, 3.05) is 0 Å². The molecule has 1 aromatic heterocycles. The molecule has 3 rings (SSSR count). The molecule has 0 saturated heterocycles. The minimum Gasteiger partial charge on any atom is -0.228 e. The normalized spacial score (nSPS) is 11.7. The first kappa shape index (κ1) is 17.8. The first-order valence-corrected chi connectivity index (χ1v) is 8.75. The average molecular weight is 359 g/mol. The molecule has 0 atom stereocenters. The summed E-state index contributed by atoms with van der Waals surface area (Å²) in [5.41, 5.74) is 4.96. The van der Waals surface area contributed by atoms with Gasteiger partial charge < -0.3 is 0 Å². The number of benzene rings is 2. The van der Waals surface area contributed by atoms with Crippen LogP contribution in [-0.2, 0) is 0 Å². The Morgan fingerprint density at radius 1 is 0.962 bits per heavy atom. The maximum absolute atomic E-state index is 6.23. The fraction of sp³-hybridized carbons (Fsp3) is 0.0435. The van der Waals surface area contributed by atoms with Gasteiger partial charge in [-0.2, -0.15) is 0 Å². The van der Waals surface area contributed by atoms with E-state index in [1.54, 1.807) is 12.1 Å². The molecule has 0 fully saturated rings. The van der Waals surface area contributed by atoms with Gasteiger partial charge in [0.25, 0.3) is 0 Å². The van der Waals surface area contributed by atoms with E-state index in [0.29, 0.717) is 11.0 Å². The summed E-state index contributed by atoms with van der Waals surface area (Å²) in [6, 6.07) is 19.9. The fourth-order valence-corrected chi connectivity index (χ4v) is 2.85. The molecule has 0 N–H and O–H groups in total. The van der Waals surface area contributed by atoms with E-state index in [9.17, 15) is 0 Å². The van der Waals surface area contributed by atoms with Gasteiger partial charge in [-0.05, 0) is 18.1 Å². The molecule has 0 bridgehead atoms. The van der Waals surface area contributed by atoms with E-state index in [-0.39, 0.29) is 0 Å². The first-order chi connectivity index (χ1) is 12.7. The number of hydrogen-bond donors (Lipinski definition) is 0. The molecule has 0 aliphatic rings. The molecule has 2 aromatic carbocycles. The molecular weight excluding hydrogens is 340 g/mol. The second kappa shape index (κ2) is 8.41. The van der Waals surface area contributed by atoms with Crippen LogP contribution in [-0.4, -0.2) is 9.97 Å². The van der Waals surface area contributed by atoms with Crippen molar-refractivity contribution in [1.82, 2.24) is 9.97 Å². The molecule has 1 heterocycles. The Bertz CT molecular complexity index is 955. The van der Waals surface area contributed by atoms with Gasteiger partial charge in [-0.25, -0.2) is 9.97 Å². The molecule has 0 aliphatic carbocycles. The number of rotatable bonds is 5. The third-order valence-corrected chi connectivity index (χ3v) is 4.08. The Morgan fingerprint density at radius 2 is 1.69 bits per heavy atom. The predicted molar refractivity (Wildman–Crippen MR) is 111 cm³/mol. The van der Waals surface area contributed by atoms with Crippen LogP contribution in [0, 0.1) is 0 Å². The molecule has 26 heavy (non-hydrogen) atoms. The van der Waals surface area contributed by atoms with Crippen LogP contribution in [0.1, 0.15) is 12.5 Å². The van der Waals surface area contributed by atoms with E-state index in [0.717, 1.165) is 28.0 Å². The Balaban J connectivity index is 1.98. The van der Waals surface area contributed by atoms with Crippen LogP contribution in [0.4, 0.5) is 0 Å². The van der Waals surface area contributed by atoms with Gasteiger partial charge in [-0.3, -0.25) is 0 Å². The zero-order chi connectivity index (χ0) is 18.4. The van der Waals surface area contributed by atoms with Crippen LogP contribution in [0.15, 0.2) is 91.5 Å². The minimum atomic E-state index is 0.430. The second-order valence-electron chi connectivity index (χ2n) is 5.70. The van der Waals surface area contributed by atoms with E-state index in [1.165, 1.54) is 0 Å². The predicted octanol–water partition coefficient (Wildman–Crippen LogP) is 6.61. The molecule has 0 unspecified atom stereocenters. The van der Waals surface area contributed by atoms with Gasteiger partial charge in [0.2, 0.25) is 0 Å². The Morgan fingerprint density at radius 3 is 2.35 bits per heavy atom. The SMILES string of the molecule is C=C/C=C(\C=C/C)c1ccc(-c2nc(Cl)cc(-c3ccccc3)n2)cc1. The van der Waals surface area contributed by atoms with E-state index < -0.39 is 0 Å². The van der Waals surface area contributed by atoms with Crippen LogP contribution in [0.25, 0.3) is 28.2 Å². The number of hydrogen-bond acceptors (Lipinski definition) is 2. The zero-order valence-electron chi connectivity index (χ0n) is 14.6. The van der Waals surface area contributed by atoms with Gasteiger partial charge in [0.05, 0.1) is 5.69 Å². The van der Waals surface area contributed by atoms with Crippen LogP contribution in [0.2, 0.25) is 5.15 Å². The lowest BCUT2D eigenvalue weighted by atomic mass is 10.0. The van der Waals surface area contributed by atoms with Gasteiger partial charge in [0.1, 0.15) is 5.15 Å². The number of allylic oxidation sites excluding steroid dienone is 5. The summed E-state index contributed by atoms with van der Waals surface area (Å²) >= 11 is 6.23. The van der Waals surface area contributed by atoms with Crippen molar-refractivity contribution in [2.24, 2.45) is 0 Å². The molecule has 0 amide bonds. The smallest absolute Gasteiger partial charge is 0.161 e. The third kappa shape index (κ3) is 4.16. The fourth-order valence-electron chi connectivity index (χ4n) is 2.67. The largest absolute Gasteiger partial charge is 0.228 e.